The molecule has 2 aromatic carbocycles. The fourth-order valence-corrected chi connectivity index (χ4v) is 2.80. The Hall–Kier alpha value is -3.08. The van der Waals surface area contributed by atoms with Gasteiger partial charge in [0.2, 0.25) is 0 Å². The van der Waals surface area contributed by atoms with E-state index in [-0.39, 0.29) is 0 Å². The molecule has 3 heterocycles. The molecule has 0 atom stereocenters. The molecule has 0 saturated carbocycles. The lowest BCUT2D eigenvalue weighted by Gasteiger charge is -2.05. The summed E-state index contributed by atoms with van der Waals surface area (Å²) in [6, 6.07) is 10.0. The number of benzene rings is 2. The van der Waals surface area contributed by atoms with E-state index >= 15 is 0 Å². The molecule has 0 aliphatic rings. The van der Waals surface area contributed by atoms with E-state index < -0.39 is 0 Å². The van der Waals surface area contributed by atoms with Crippen LogP contribution >= 0.6 is 0 Å². The second kappa shape index (κ2) is 3.73. The molecule has 0 spiro atoms. The first-order valence-electron chi connectivity index (χ1n) is 6.66. The van der Waals surface area contributed by atoms with E-state index in [4.69, 9.17) is 4.98 Å². The molecular formula is C16H9N5. The molecule has 0 aliphatic heterocycles. The summed E-state index contributed by atoms with van der Waals surface area (Å²) in [5.41, 5.74) is 5.58. The second-order valence-corrected chi connectivity index (χ2v) is 5.00. The lowest BCUT2D eigenvalue weighted by molar-refractivity contribution is 1.22. The van der Waals surface area contributed by atoms with Gasteiger partial charge in [-0.05, 0) is 30.3 Å². The molecular weight excluding hydrogens is 262 g/mol. The third kappa shape index (κ3) is 1.40. The summed E-state index contributed by atoms with van der Waals surface area (Å²) < 4.78 is 0. The van der Waals surface area contributed by atoms with Gasteiger partial charge in [-0.15, -0.1) is 0 Å². The Kier molecular flexibility index (Phi) is 1.90. The number of rotatable bonds is 0. The first kappa shape index (κ1) is 10.7. The maximum absolute atomic E-state index is 4.79. The lowest BCUT2D eigenvalue weighted by Crippen LogP contribution is -1.91. The molecule has 0 saturated heterocycles. The monoisotopic (exact) mass is 271 g/mol. The lowest BCUT2D eigenvalue weighted by atomic mass is 10.1. The van der Waals surface area contributed by atoms with Crippen molar-refractivity contribution in [3.05, 3.63) is 49.1 Å². The maximum atomic E-state index is 4.79. The first-order valence-corrected chi connectivity index (χ1v) is 6.66. The van der Waals surface area contributed by atoms with E-state index in [9.17, 15) is 0 Å². The standard InChI is InChI=1S/C16H9N5/c1-2-13-16(14-9(1)7-17-8-19-14)21-12-4-3-11-10(5-6-18-11)15(12)20-13/h1-8,20H. The molecule has 98 valence electrons. The second-order valence-electron chi connectivity index (χ2n) is 5.00. The van der Waals surface area contributed by atoms with Gasteiger partial charge in [0.15, 0.2) is 0 Å². The predicted molar refractivity (Wildman–Crippen MR) is 82.0 cm³/mol. The van der Waals surface area contributed by atoms with Crippen LogP contribution in [0.5, 0.6) is 0 Å². The smallest absolute Gasteiger partial charge is 0.116 e. The Morgan fingerprint density at radius 3 is 2.81 bits per heavy atom. The largest absolute Gasteiger partial charge is 0.351 e. The number of nitrogens with zero attached hydrogens (tertiary/aromatic N) is 4. The Morgan fingerprint density at radius 1 is 0.857 bits per heavy atom. The Balaban J connectivity index is 2.04. The highest BCUT2D eigenvalue weighted by Gasteiger charge is 2.08. The summed E-state index contributed by atoms with van der Waals surface area (Å²) in [7, 11) is 0. The predicted octanol–water partition coefficient (Wildman–Crippen LogP) is 3.21. The highest BCUT2D eigenvalue weighted by atomic mass is 14.9. The fraction of sp³-hybridized carbons (Fsp3) is 0. The van der Waals surface area contributed by atoms with Crippen LogP contribution in [0.3, 0.4) is 0 Å². The van der Waals surface area contributed by atoms with Crippen molar-refractivity contribution in [3.8, 4) is 0 Å². The van der Waals surface area contributed by atoms with Gasteiger partial charge in [0.25, 0.3) is 0 Å². The molecule has 0 fully saturated rings. The molecule has 0 amide bonds. The van der Waals surface area contributed by atoms with E-state index in [0.29, 0.717) is 0 Å². The molecule has 5 rings (SSSR count). The van der Waals surface area contributed by atoms with E-state index in [1.54, 1.807) is 12.5 Å². The van der Waals surface area contributed by atoms with Crippen molar-refractivity contribution in [2.24, 2.45) is 0 Å². The number of fused-ring (bicyclic) bond motifs is 6. The summed E-state index contributed by atoms with van der Waals surface area (Å²) in [6.45, 7) is 0. The van der Waals surface area contributed by atoms with Crippen LogP contribution in [0.2, 0.25) is 0 Å². The van der Waals surface area contributed by atoms with Crippen molar-refractivity contribution in [2.45, 2.75) is 0 Å². The SMILES string of the molecule is c1cc2c(ccc3nc4c(ccc5cncnc54)[nH]c32)n1. The molecule has 1 N–H and O–H groups in total. The van der Waals surface area contributed by atoms with Crippen LogP contribution in [0.1, 0.15) is 0 Å². The zero-order valence-electron chi connectivity index (χ0n) is 10.9. The highest BCUT2D eigenvalue weighted by Crippen LogP contribution is 2.26. The van der Waals surface area contributed by atoms with Gasteiger partial charge in [-0.25, -0.2) is 15.0 Å². The average Bonchev–Trinajstić information content (AvgIpc) is 3.02. The Labute approximate surface area is 118 Å². The molecule has 0 bridgehead atoms. The van der Waals surface area contributed by atoms with Crippen LogP contribution in [0.15, 0.2) is 49.1 Å². The quantitative estimate of drug-likeness (QED) is 0.347. The van der Waals surface area contributed by atoms with Crippen LogP contribution in [-0.2, 0) is 0 Å². The van der Waals surface area contributed by atoms with Gasteiger partial charge in [0.05, 0.1) is 22.1 Å². The molecule has 0 unspecified atom stereocenters. The topological polar surface area (TPSA) is 67.3 Å². The molecule has 5 nitrogen and oxygen atoms in total. The van der Waals surface area contributed by atoms with Crippen LogP contribution in [0, 0.1) is 0 Å². The van der Waals surface area contributed by atoms with Gasteiger partial charge in [-0.1, -0.05) is 0 Å². The normalized spacial score (nSPS) is 11.8. The summed E-state index contributed by atoms with van der Waals surface area (Å²) in [4.78, 5) is 21.0. The van der Waals surface area contributed by atoms with Gasteiger partial charge in [0.1, 0.15) is 17.4 Å². The van der Waals surface area contributed by atoms with E-state index in [0.717, 1.165) is 43.9 Å². The minimum atomic E-state index is 0.862. The van der Waals surface area contributed by atoms with Crippen molar-refractivity contribution in [1.82, 2.24) is 24.9 Å². The number of nitrogens with one attached hydrogen (secondary N) is 1. The van der Waals surface area contributed by atoms with Crippen LogP contribution in [0.4, 0.5) is 0 Å². The summed E-state index contributed by atoms with van der Waals surface area (Å²) in [5.74, 6) is 0. The van der Waals surface area contributed by atoms with Crippen LogP contribution in [0.25, 0.3) is 43.9 Å². The van der Waals surface area contributed by atoms with E-state index in [1.807, 2.05) is 36.5 Å². The Bertz CT molecular complexity index is 1140. The fourth-order valence-electron chi connectivity index (χ4n) is 2.80. The van der Waals surface area contributed by atoms with Crippen LogP contribution in [-0.4, -0.2) is 24.9 Å². The van der Waals surface area contributed by atoms with Gasteiger partial charge >= 0.3 is 0 Å². The first-order chi connectivity index (χ1) is 10.4. The Morgan fingerprint density at radius 2 is 1.81 bits per heavy atom. The van der Waals surface area contributed by atoms with Crippen LogP contribution < -0.4 is 0 Å². The number of aromatic nitrogens is 5. The maximum Gasteiger partial charge on any atom is 0.116 e. The van der Waals surface area contributed by atoms with Gasteiger partial charge in [-0.2, -0.15) is 0 Å². The zero-order chi connectivity index (χ0) is 13.8. The van der Waals surface area contributed by atoms with Gasteiger partial charge < -0.3 is 4.98 Å². The minimum absolute atomic E-state index is 0.862. The van der Waals surface area contributed by atoms with Gasteiger partial charge in [0, 0.05) is 23.2 Å². The number of aromatic amines is 1. The third-order valence-electron chi connectivity index (χ3n) is 3.80. The molecule has 5 aromatic rings. The minimum Gasteiger partial charge on any atom is -0.351 e. The van der Waals surface area contributed by atoms with Crippen molar-refractivity contribution in [2.75, 3.05) is 0 Å². The van der Waals surface area contributed by atoms with E-state index in [1.165, 1.54) is 0 Å². The average molecular weight is 271 g/mol. The third-order valence-corrected chi connectivity index (χ3v) is 3.80. The zero-order valence-corrected chi connectivity index (χ0v) is 10.9. The summed E-state index contributed by atoms with van der Waals surface area (Å²) in [6.07, 6.45) is 5.17. The summed E-state index contributed by atoms with van der Waals surface area (Å²) in [5, 5.41) is 2.07. The molecule has 21 heavy (non-hydrogen) atoms. The molecule has 0 aliphatic carbocycles. The van der Waals surface area contributed by atoms with Crippen molar-refractivity contribution >= 4 is 43.9 Å². The summed E-state index contributed by atoms with van der Waals surface area (Å²) >= 11 is 0. The van der Waals surface area contributed by atoms with Crippen molar-refractivity contribution < 1.29 is 0 Å². The van der Waals surface area contributed by atoms with Crippen molar-refractivity contribution in [1.29, 1.82) is 0 Å². The van der Waals surface area contributed by atoms with Gasteiger partial charge in [-0.3, -0.25) is 4.98 Å². The van der Waals surface area contributed by atoms with E-state index in [2.05, 4.69) is 19.9 Å². The molecule has 0 radical (unpaired) electrons. The number of hydrogen-bond acceptors (Lipinski definition) is 4. The van der Waals surface area contributed by atoms with Crippen molar-refractivity contribution in [3.63, 3.8) is 0 Å². The number of hydrogen-bond donors (Lipinski definition) is 1. The highest BCUT2D eigenvalue weighted by molar-refractivity contribution is 6.08. The molecule has 5 heteroatoms. The molecule has 3 aromatic heterocycles. The number of H-pyrrole nitrogens is 1.